The van der Waals surface area contributed by atoms with E-state index in [4.69, 9.17) is 5.11 Å². The highest BCUT2D eigenvalue weighted by molar-refractivity contribution is 5.68. The molecule has 0 bridgehead atoms. The maximum absolute atomic E-state index is 12.9. The molecule has 0 fully saturated rings. The molecule has 1 aromatic carbocycles. The molecule has 1 heterocycles. The average molecular weight is 284 g/mol. The fourth-order valence-electron chi connectivity index (χ4n) is 1.84. The Morgan fingerprint density at radius 2 is 1.95 bits per heavy atom. The van der Waals surface area contributed by atoms with E-state index in [9.17, 15) is 18.0 Å². The van der Waals surface area contributed by atoms with Crippen LogP contribution >= 0.6 is 0 Å². The predicted molar refractivity (Wildman–Crippen MR) is 64.6 cm³/mol. The summed E-state index contributed by atoms with van der Waals surface area (Å²) in [5.41, 5.74) is 0.443. The highest BCUT2D eigenvalue weighted by atomic mass is 19.4. The van der Waals surface area contributed by atoms with Crippen LogP contribution in [0, 0.1) is 0 Å². The number of carboxylic acids is 1. The number of para-hydroxylation sites is 1. The standard InChI is InChI=1S/C13H11F3N2O2/c14-13(15,16)11(6-12(19)20)9-7-17-18(8-9)10-4-2-1-3-5-10/h1-5,7-8,11H,6H2,(H,19,20). The van der Waals surface area contributed by atoms with Crippen molar-refractivity contribution < 1.29 is 23.1 Å². The number of nitrogens with zero attached hydrogens (tertiary/aromatic N) is 2. The SMILES string of the molecule is O=C(O)CC(c1cnn(-c2ccccc2)c1)C(F)(F)F. The molecular formula is C13H11F3N2O2. The monoisotopic (exact) mass is 284 g/mol. The normalized spacial score (nSPS) is 13.2. The molecular weight excluding hydrogens is 273 g/mol. The summed E-state index contributed by atoms with van der Waals surface area (Å²) in [7, 11) is 0. The summed E-state index contributed by atoms with van der Waals surface area (Å²) in [4.78, 5) is 10.6. The molecule has 0 saturated carbocycles. The first kappa shape index (κ1) is 14.1. The maximum atomic E-state index is 12.9. The molecule has 0 radical (unpaired) electrons. The molecule has 1 unspecified atom stereocenters. The third-order valence-electron chi connectivity index (χ3n) is 2.80. The van der Waals surface area contributed by atoms with Crippen molar-refractivity contribution in [1.29, 1.82) is 0 Å². The predicted octanol–water partition coefficient (Wildman–Crippen LogP) is 2.99. The molecule has 106 valence electrons. The molecule has 2 rings (SSSR count). The highest BCUT2D eigenvalue weighted by Crippen LogP contribution is 2.37. The lowest BCUT2D eigenvalue weighted by atomic mass is 9.98. The summed E-state index contributed by atoms with van der Waals surface area (Å²) >= 11 is 0. The van der Waals surface area contributed by atoms with E-state index in [-0.39, 0.29) is 5.56 Å². The topological polar surface area (TPSA) is 55.1 Å². The van der Waals surface area contributed by atoms with Gasteiger partial charge in [-0.3, -0.25) is 4.79 Å². The van der Waals surface area contributed by atoms with Crippen LogP contribution < -0.4 is 0 Å². The third-order valence-corrected chi connectivity index (χ3v) is 2.80. The van der Waals surface area contributed by atoms with Crippen LogP contribution in [-0.2, 0) is 4.79 Å². The molecule has 20 heavy (non-hydrogen) atoms. The van der Waals surface area contributed by atoms with Crippen molar-refractivity contribution in [2.45, 2.75) is 18.5 Å². The number of halogens is 3. The second-order valence-corrected chi connectivity index (χ2v) is 4.25. The largest absolute Gasteiger partial charge is 0.481 e. The molecule has 0 aliphatic rings. The molecule has 0 spiro atoms. The van der Waals surface area contributed by atoms with Crippen molar-refractivity contribution >= 4 is 5.97 Å². The van der Waals surface area contributed by atoms with Gasteiger partial charge >= 0.3 is 12.1 Å². The fourth-order valence-corrected chi connectivity index (χ4v) is 1.84. The summed E-state index contributed by atoms with van der Waals surface area (Å²) in [5.74, 6) is -3.56. The van der Waals surface area contributed by atoms with Crippen LogP contribution in [0.25, 0.3) is 5.69 Å². The number of carboxylic acid groups (broad SMARTS) is 1. The van der Waals surface area contributed by atoms with Gasteiger partial charge in [0, 0.05) is 11.8 Å². The molecule has 4 nitrogen and oxygen atoms in total. The zero-order valence-corrected chi connectivity index (χ0v) is 10.2. The summed E-state index contributed by atoms with van der Waals surface area (Å²) in [6.07, 6.45) is -3.38. The first-order chi connectivity index (χ1) is 9.38. The van der Waals surface area contributed by atoms with E-state index in [1.54, 1.807) is 30.3 Å². The van der Waals surface area contributed by atoms with Gasteiger partial charge < -0.3 is 5.11 Å². The molecule has 1 N–H and O–H groups in total. The lowest BCUT2D eigenvalue weighted by molar-refractivity contribution is -0.163. The van der Waals surface area contributed by atoms with Crippen molar-refractivity contribution in [3.05, 3.63) is 48.3 Å². The second kappa shape index (κ2) is 5.36. The van der Waals surface area contributed by atoms with E-state index in [1.807, 2.05) is 0 Å². The van der Waals surface area contributed by atoms with E-state index in [0.29, 0.717) is 5.69 Å². The third kappa shape index (κ3) is 3.17. The maximum Gasteiger partial charge on any atom is 0.396 e. The number of rotatable bonds is 4. The van der Waals surface area contributed by atoms with Crippen molar-refractivity contribution in [2.24, 2.45) is 0 Å². The molecule has 7 heteroatoms. The number of alkyl halides is 3. The molecule has 1 atom stereocenters. The number of hydrogen-bond donors (Lipinski definition) is 1. The number of aliphatic carboxylic acids is 1. The minimum absolute atomic E-state index is 0.163. The van der Waals surface area contributed by atoms with Crippen molar-refractivity contribution in [1.82, 2.24) is 9.78 Å². The Morgan fingerprint density at radius 1 is 1.30 bits per heavy atom. The number of hydrogen-bond acceptors (Lipinski definition) is 2. The Hall–Kier alpha value is -2.31. The molecule has 2 aromatic rings. The minimum Gasteiger partial charge on any atom is -0.481 e. The van der Waals surface area contributed by atoms with Crippen molar-refractivity contribution in [3.8, 4) is 5.69 Å². The van der Waals surface area contributed by atoms with Crippen molar-refractivity contribution in [2.75, 3.05) is 0 Å². The van der Waals surface area contributed by atoms with Gasteiger partial charge in [-0.05, 0) is 12.1 Å². The quantitative estimate of drug-likeness (QED) is 0.939. The Labute approximate surface area is 112 Å². The van der Waals surface area contributed by atoms with Crippen LogP contribution in [0.1, 0.15) is 17.9 Å². The number of benzene rings is 1. The summed E-state index contributed by atoms with van der Waals surface area (Å²) in [6.45, 7) is 0. The fraction of sp³-hybridized carbons (Fsp3) is 0.231. The molecule has 0 amide bonds. The minimum atomic E-state index is -4.62. The van der Waals surface area contributed by atoms with Crippen LogP contribution in [-0.4, -0.2) is 27.0 Å². The van der Waals surface area contributed by atoms with Crippen molar-refractivity contribution in [3.63, 3.8) is 0 Å². The average Bonchev–Trinajstić information content (AvgIpc) is 2.84. The summed E-state index contributed by atoms with van der Waals surface area (Å²) < 4.78 is 39.9. The van der Waals surface area contributed by atoms with Gasteiger partial charge in [-0.15, -0.1) is 0 Å². The lowest BCUT2D eigenvalue weighted by Crippen LogP contribution is -2.23. The van der Waals surface area contributed by atoms with E-state index < -0.39 is 24.5 Å². The van der Waals surface area contributed by atoms with Gasteiger partial charge in [0.2, 0.25) is 0 Å². The van der Waals surface area contributed by atoms with Gasteiger partial charge in [-0.1, -0.05) is 18.2 Å². The summed E-state index contributed by atoms with van der Waals surface area (Å²) in [5, 5.41) is 12.5. The summed E-state index contributed by atoms with van der Waals surface area (Å²) in [6, 6.07) is 8.62. The number of aromatic nitrogens is 2. The Balaban J connectivity index is 2.32. The van der Waals surface area contributed by atoms with E-state index in [0.717, 1.165) is 6.20 Å². The zero-order valence-electron chi connectivity index (χ0n) is 10.2. The van der Waals surface area contributed by atoms with Gasteiger partial charge in [0.15, 0.2) is 0 Å². The van der Waals surface area contributed by atoms with Crippen LogP contribution in [0.15, 0.2) is 42.7 Å². The van der Waals surface area contributed by atoms with E-state index in [1.165, 1.54) is 10.9 Å². The first-order valence-corrected chi connectivity index (χ1v) is 5.76. The number of carbonyl (C=O) groups is 1. The van der Waals surface area contributed by atoms with Gasteiger partial charge in [0.1, 0.15) is 0 Å². The Bertz CT molecular complexity index is 593. The Kier molecular flexibility index (Phi) is 3.78. The lowest BCUT2D eigenvalue weighted by Gasteiger charge is -2.16. The zero-order chi connectivity index (χ0) is 14.8. The van der Waals surface area contributed by atoms with Gasteiger partial charge in [0.05, 0.1) is 24.2 Å². The molecule has 0 aliphatic carbocycles. The molecule has 0 saturated heterocycles. The second-order valence-electron chi connectivity index (χ2n) is 4.25. The van der Waals surface area contributed by atoms with Gasteiger partial charge in [0.25, 0.3) is 0 Å². The van der Waals surface area contributed by atoms with Crippen LogP contribution in [0.5, 0.6) is 0 Å². The first-order valence-electron chi connectivity index (χ1n) is 5.76. The van der Waals surface area contributed by atoms with E-state index in [2.05, 4.69) is 5.10 Å². The highest BCUT2D eigenvalue weighted by Gasteiger charge is 2.42. The molecule has 0 aliphatic heterocycles. The van der Waals surface area contributed by atoms with Crippen LogP contribution in [0.4, 0.5) is 13.2 Å². The molecule has 1 aromatic heterocycles. The smallest absolute Gasteiger partial charge is 0.396 e. The Morgan fingerprint density at radius 3 is 2.50 bits per heavy atom. The van der Waals surface area contributed by atoms with Gasteiger partial charge in [-0.2, -0.15) is 18.3 Å². The van der Waals surface area contributed by atoms with Crippen LogP contribution in [0.2, 0.25) is 0 Å². The van der Waals surface area contributed by atoms with Gasteiger partial charge in [-0.25, -0.2) is 4.68 Å². The van der Waals surface area contributed by atoms with Crippen LogP contribution in [0.3, 0.4) is 0 Å². The van der Waals surface area contributed by atoms with E-state index >= 15 is 0 Å².